The van der Waals surface area contributed by atoms with E-state index in [0.29, 0.717) is 19.7 Å². The van der Waals surface area contributed by atoms with E-state index >= 15 is 0 Å². The first-order valence-corrected chi connectivity index (χ1v) is 8.46. The van der Waals surface area contributed by atoms with E-state index in [9.17, 15) is 4.79 Å². The summed E-state index contributed by atoms with van der Waals surface area (Å²) in [6, 6.07) is 2.05. The first kappa shape index (κ1) is 13.4. The standard InChI is InChI=1S/C13H17NO3S2/c15-7-10-6-14(2-3-17-10)13(16)12-5-9-8-18-4-1-11(9)19-12/h5,10,15H,1-4,6-8H2. The Hall–Kier alpha value is -0.560. The summed E-state index contributed by atoms with van der Waals surface area (Å²) in [5, 5.41) is 9.13. The van der Waals surface area contributed by atoms with Crippen LogP contribution in [0, 0.1) is 0 Å². The number of ether oxygens (including phenoxy) is 1. The summed E-state index contributed by atoms with van der Waals surface area (Å²) in [4.78, 5) is 16.5. The molecule has 1 atom stereocenters. The number of aryl methyl sites for hydroxylation is 1. The lowest BCUT2D eigenvalue weighted by Gasteiger charge is -2.31. The number of thiophene rings is 1. The summed E-state index contributed by atoms with van der Waals surface area (Å²) in [6.07, 6.45) is 0.850. The normalized spacial score (nSPS) is 23.2. The third kappa shape index (κ3) is 2.81. The number of aliphatic hydroxyl groups is 1. The van der Waals surface area contributed by atoms with Gasteiger partial charge in [-0.1, -0.05) is 0 Å². The molecule has 0 bridgehead atoms. The monoisotopic (exact) mass is 299 g/mol. The van der Waals surface area contributed by atoms with Crippen LogP contribution in [0.5, 0.6) is 0 Å². The number of hydrogen-bond acceptors (Lipinski definition) is 5. The zero-order valence-electron chi connectivity index (χ0n) is 10.6. The number of fused-ring (bicyclic) bond motifs is 1. The summed E-state index contributed by atoms with van der Waals surface area (Å²) in [6.45, 7) is 1.60. The molecular formula is C13H17NO3S2. The minimum atomic E-state index is -0.233. The lowest BCUT2D eigenvalue weighted by Crippen LogP contribution is -2.46. The van der Waals surface area contributed by atoms with Crippen LogP contribution in [0.3, 0.4) is 0 Å². The van der Waals surface area contributed by atoms with Crippen LogP contribution < -0.4 is 0 Å². The van der Waals surface area contributed by atoms with E-state index in [-0.39, 0.29) is 18.6 Å². The molecule has 104 valence electrons. The van der Waals surface area contributed by atoms with Gasteiger partial charge in [-0.05, 0) is 23.8 Å². The zero-order chi connectivity index (χ0) is 13.2. The number of rotatable bonds is 2. The topological polar surface area (TPSA) is 49.8 Å². The van der Waals surface area contributed by atoms with Crippen LogP contribution in [-0.2, 0) is 16.9 Å². The minimum Gasteiger partial charge on any atom is -0.394 e. The summed E-state index contributed by atoms with van der Waals surface area (Å²) in [7, 11) is 0. The maximum Gasteiger partial charge on any atom is 0.264 e. The van der Waals surface area contributed by atoms with Crippen molar-refractivity contribution < 1.29 is 14.6 Å². The predicted octanol–water partition coefficient (Wildman–Crippen LogP) is 1.37. The van der Waals surface area contributed by atoms with Crippen molar-refractivity contribution in [1.29, 1.82) is 0 Å². The number of carbonyl (C=O) groups excluding carboxylic acids is 1. The summed E-state index contributed by atoms with van der Waals surface area (Å²) < 4.78 is 5.38. The Labute approximate surface area is 120 Å². The third-order valence-corrected chi connectivity index (χ3v) is 5.70. The summed E-state index contributed by atoms with van der Waals surface area (Å²) >= 11 is 3.57. The van der Waals surface area contributed by atoms with Crippen molar-refractivity contribution >= 4 is 29.0 Å². The number of amides is 1. The summed E-state index contributed by atoms with van der Waals surface area (Å²) in [5.74, 6) is 2.28. The molecule has 19 heavy (non-hydrogen) atoms. The minimum absolute atomic E-state index is 0.0264. The Balaban J connectivity index is 1.74. The second kappa shape index (κ2) is 5.83. The van der Waals surface area contributed by atoms with Gasteiger partial charge in [-0.15, -0.1) is 11.3 Å². The van der Waals surface area contributed by atoms with Crippen molar-refractivity contribution in [2.75, 3.05) is 32.1 Å². The Morgan fingerprint density at radius 3 is 3.26 bits per heavy atom. The number of nitrogens with zero attached hydrogens (tertiary/aromatic N) is 1. The van der Waals surface area contributed by atoms with E-state index < -0.39 is 0 Å². The Bertz CT molecular complexity index is 451. The number of morpholine rings is 1. The SMILES string of the molecule is O=C(c1cc2c(s1)CCSC2)N1CCOC(CO)C1. The molecule has 2 aliphatic heterocycles. The summed E-state index contributed by atoms with van der Waals surface area (Å²) in [5.41, 5.74) is 1.33. The highest BCUT2D eigenvalue weighted by Gasteiger charge is 2.26. The van der Waals surface area contributed by atoms with Gasteiger partial charge in [0.05, 0.1) is 24.2 Å². The van der Waals surface area contributed by atoms with Crippen molar-refractivity contribution in [1.82, 2.24) is 4.90 Å². The molecule has 0 radical (unpaired) electrons. The number of carbonyl (C=O) groups is 1. The molecule has 2 aliphatic rings. The van der Waals surface area contributed by atoms with Gasteiger partial charge < -0.3 is 14.7 Å². The van der Waals surface area contributed by atoms with Gasteiger partial charge in [0.25, 0.3) is 5.91 Å². The van der Waals surface area contributed by atoms with E-state index in [1.165, 1.54) is 10.4 Å². The Morgan fingerprint density at radius 2 is 2.47 bits per heavy atom. The number of thioether (sulfide) groups is 1. The van der Waals surface area contributed by atoms with Crippen molar-refractivity contribution in [2.45, 2.75) is 18.3 Å². The molecule has 1 unspecified atom stereocenters. The van der Waals surface area contributed by atoms with Crippen LogP contribution in [0.15, 0.2) is 6.07 Å². The predicted molar refractivity (Wildman–Crippen MR) is 76.9 cm³/mol. The largest absolute Gasteiger partial charge is 0.394 e. The highest BCUT2D eigenvalue weighted by molar-refractivity contribution is 7.98. The molecule has 4 nitrogen and oxygen atoms in total. The lowest BCUT2D eigenvalue weighted by atomic mass is 10.2. The maximum atomic E-state index is 12.5. The fourth-order valence-electron chi connectivity index (χ4n) is 2.42. The molecule has 1 saturated heterocycles. The molecule has 1 amide bonds. The Morgan fingerprint density at radius 1 is 1.58 bits per heavy atom. The van der Waals surface area contributed by atoms with Crippen LogP contribution in [0.25, 0.3) is 0 Å². The zero-order valence-corrected chi connectivity index (χ0v) is 12.3. The van der Waals surface area contributed by atoms with Crippen molar-refractivity contribution in [3.63, 3.8) is 0 Å². The highest BCUT2D eigenvalue weighted by Crippen LogP contribution is 2.32. The molecule has 1 fully saturated rings. The number of hydrogen-bond donors (Lipinski definition) is 1. The molecule has 0 spiro atoms. The molecule has 1 aromatic rings. The van der Waals surface area contributed by atoms with Gasteiger partial charge in [0.2, 0.25) is 0 Å². The fraction of sp³-hybridized carbons (Fsp3) is 0.615. The molecule has 1 N–H and O–H groups in total. The molecule has 6 heteroatoms. The second-order valence-electron chi connectivity index (χ2n) is 4.79. The second-order valence-corrected chi connectivity index (χ2v) is 7.03. The Kier molecular flexibility index (Phi) is 4.12. The van der Waals surface area contributed by atoms with E-state index in [2.05, 4.69) is 6.07 Å². The molecule has 3 rings (SSSR count). The van der Waals surface area contributed by atoms with Gasteiger partial charge in [0, 0.05) is 23.7 Å². The van der Waals surface area contributed by atoms with Crippen LogP contribution >= 0.6 is 23.1 Å². The van der Waals surface area contributed by atoms with Gasteiger partial charge in [-0.2, -0.15) is 11.8 Å². The van der Waals surface area contributed by atoms with Crippen molar-refractivity contribution in [3.05, 3.63) is 21.4 Å². The van der Waals surface area contributed by atoms with Crippen LogP contribution in [0.4, 0.5) is 0 Å². The number of aliphatic hydroxyl groups excluding tert-OH is 1. The van der Waals surface area contributed by atoms with Crippen LogP contribution in [-0.4, -0.2) is 54.1 Å². The lowest BCUT2D eigenvalue weighted by molar-refractivity contribution is -0.0446. The molecule has 0 aromatic carbocycles. The molecule has 3 heterocycles. The molecule has 0 aliphatic carbocycles. The van der Waals surface area contributed by atoms with Gasteiger partial charge in [-0.3, -0.25) is 4.79 Å². The van der Waals surface area contributed by atoms with E-state index in [1.54, 1.807) is 16.2 Å². The van der Waals surface area contributed by atoms with Gasteiger partial charge in [0.1, 0.15) is 0 Å². The van der Waals surface area contributed by atoms with E-state index in [1.807, 2.05) is 11.8 Å². The highest BCUT2D eigenvalue weighted by atomic mass is 32.2. The van der Waals surface area contributed by atoms with Gasteiger partial charge in [0.15, 0.2) is 0 Å². The molecular weight excluding hydrogens is 282 g/mol. The molecule has 0 saturated carbocycles. The van der Waals surface area contributed by atoms with Crippen LogP contribution in [0.2, 0.25) is 0 Å². The van der Waals surface area contributed by atoms with Crippen LogP contribution in [0.1, 0.15) is 20.1 Å². The third-order valence-electron chi connectivity index (χ3n) is 3.47. The van der Waals surface area contributed by atoms with Gasteiger partial charge in [-0.25, -0.2) is 0 Å². The van der Waals surface area contributed by atoms with Crippen molar-refractivity contribution in [2.24, 2.45) is 0 Å². The first-order chi connectivity index (χ1) is 9.28. The maximum absolute atomic E-state index is 12.5. The smallest absolute Gasteiger partial charge is 0.264 e. The average Bonchev–Trinajstić information content (AvgIpc) is 2.90. The van der Waals surface area contributed by atoms with Gasteiger partial charge >= 0.3 is 0 Å². The van der Waals surface area contributed by atoms with E-state index in [0.717, 1.165) is 22.8 Å². The first-order valence-electron chi connectivity index (χ1n) is 6.49. The fourth-order valence-corrected chi connectivity index (χ4v) is 4.76. The quantitative estimate of drug-likeness (QED) is 0.896. The van der Waals surface area contributed by atoms with Crippen molar-refractivity contribution in [3.8, 4) is 0 Å². The average molecular weight is 299 g/mol. The van der Waals surface area contributed by atoms with E-state index in [4.69, 9.17) is 9.84 Å². The molecule has 1 aromatic heterocycles.